The van der Waals surface area contributed by atoms with E-state index < -0.39 is 18.0 Å². The van der Waals surface area contributed by atoms with Crippen molar-refractivity contribution < 1.29 is 14.3 Å². The summed E-state index contributed by atoms with van der Waals surface area (Å²) in [5.41, 5.74) is 7.10. The van der Waals surface area contributed by atoms with Crippen LogP contribution in [-0.2, 0) is 4.79 Å². The van der Waals surface area contributed by atoms with Gasteiger partial charge < -0.3 is 15.8 Å². The number of guanidine groups is 1. The molecule has 0 aromatic heterocycles. The molecule has 0 spiro atoms. The van der Waals surface area contributed by atoms with Crippen molar-refractivity contribution in [2.24, 2.45) is 5.73 Å². The minimum absolute atomic E-state index is 0.408. The molecule has 2 amide bonds. The van der Waals surface area contributed by atoms with Crippen molar-refractivity contribution in [1.82, 2.24) is 5.32 Å². The van der Waals surface area contributed by atoms with E-state index in [1.807, 2.05) is 0 Å². The number of hydrogen-bond donors (Lipinski definition) is 4. The van der Waals surface area contributed by atoms with Gasteiger partial charge in [0.2, 0.25) is 0 Å². The van der Waals surface area contributed by atoms with E-state index in [0.29, 0.717) is 11.4 Å². The van der Waals surface area contributed by atoms with Crippen LogP contribution in [0, 0.1) is 19.3 Å². The summed E-state index contributed by atoms with van der Waals surface area (Å²) >= 11 is 0. The third-order valence-corrected chi connectivity index (χ3v) is 2.25. The smallest absolute Gasteiger partial charge is 0.325 e. The average molecular weight is 264 g/mol. The summed E-state index contributed by atoms with van der Waals surface area (Å²) in [5, 5.41) is 11.7. The average Bonchev–Trinajstić information content (AvgIpc) is 2.21. The molecule has 0 unspecified atom stereocenters. The number of amides is 2. The van der Waals surface area contributed by atoms with Gasteiger partial charge in [0.1, 0.15) is 5.75 Å². The number of nitrogens with two attached hydrogens (primary N) is 1. The highest BCUT2D eigenvalue weighted by molar-refractivity contribution is 6.01. The summed E-state index contributed by atoms with van der Waals surface area (Å²) in [7, 11) is 0. The van der Waals surface area contributed by atoms with Crippen LogP contribution in [-0.4, -0.2) is 18.0 Å². The molecule has 0 radical (unpaired) electrons. The monoisotopic (exact) mass is 264 g/mol. The van der Waals surface area contributed by atoms with Crippen molar-refractivity contribution in [3.63, 3.8) is 0 Å². The molecular weight excluding hydrogens is 248 g/mol. The Morgan fingerprint density at radius 3 is 2.21 bits per heavy atom. The Morgan fingerprint density at radius 1 is 1.26 bits per heavy atom. The first kappa shape index (κ1) is 14.5. The van der Waals surface area contributed by atoms with E-state index in [-0.39, 0.29) is 0 Å². The SMILES string of the molecule is CC(=O)Oc1cc(C)c(NC(=O)NC(=N)N)c(C)c1. The van der Waals surface area contributed by atoms with Crippen LogP contribution in [0.25, 0.3) is 0 Å². The Hall–Kier alpha value is -2.57. The molecule has 0 saturated heterocycles. The van der Waals surface area contributed by atoms with Crippen molar-refractivity contribution in [3.05, 3.63) is 23.3 Å². The molecule has 102 valence electrons. The number of rotatable bonds is 2. The number of anilines is 1. The summed E-state index contributed by atoms with van der Waals surface area (Å²) in [4.78, 5) is 22.3. The number of aryl methyl sites for hydroxylation is 2. The van der Waals surface area contributed by atoms with Gasteiger partial charge in [-0.15, -0.1) is 0 Å². The van der Waals surface area contributed by atoms with Gasteiger partial charge in [0.25, 0.3) is 0 Å². The van der Waals surface area contributed by atoms with E-state index in [0.717, 1.165) is 11.1 Å². The Balaban J connectivity index is 2.94. The highest BCUT2D eigenvalue weighted by atomic mass is 16.5. The van der Waals surface area contributed by atoms with Gasteiger partial charge in [-0.2, -0.15) is 0 Å². The fourth-order valence-electron chi connectivity index (χ4n) is 1.61. The molecule has 19 heavy (non-hydrogen) atoms. The van der Waals surface area contributed by atoms with Crippen LogP contribution in [0.3, 0.4) is 0 Å². The molecule has 0 aliphatic heterocycles. The third-order valence-electron chi connectivity index (χ3n) is 2.25. The molecule has 1 aromatic carbocycles. The third kappa shape index (κ3) is 4.30. The van der Waals surface area contributed by atoms with Crippen LogP contribution in [0.4, 0.5) is 10.5 Å². The zero-order valence-corrected chi connectivity index (χ0v) is 11.0. The quantitative estimate of drug-likeness (QED) is 0.278. The maximum absolute atomic E-state index is 11.5. The standard InChI is InChI=1S/C12H16N4O3/c1-6-4-9(19-8(3)17)5-7(2)10(6)15-12(18)16-11(13)14/h4-5H,1-3H3,(H5,13,14,15,16,18). The highest BCUT2D eigenvalue weighted by Gasteiger charge is 2.10. The van der Waals surface area contributed by atoms with Gasteiger partial charge in [-0.3, -0.25) is 15.5 Å². The van der Waals surface area contributed by atoms with Crippen LogP contribution in [0.15, 0.2) is 12.1 Å². The summed E-state index contributed by atoms with van der Waals surface area (Å²) in [6.45, 7) is 4.85. The van der Waals surface area contributed by atoms with Crippen molar-refractivity contribution in [2.45, 2.75) is 20.8 Å². The second-order valence-electron chi connectivity index (χ2n) is 4.02. The van der Waals surface area contributed by atoms with Crippen LogP contribution >= 0.6 is 0 Å². The summed E-state index contributed by atoms with van der Waals surface area (Å²) in [6, 6.07) is 2.68. The largest absolute Gasteiger partial charge is 0.427 e. The molecule has 0 heterocycles. The number of carbonyl (C=O) groups is 2. The van der Waals surface area contributed by atoms with E-state index >= 15 is 0 Å². The molecule has 7 nitrogen and oxygen atoms in total. The van der Waals surface area contributed by atoms with Crippen LogP contribution in [0.5, 0.6) is 5.75 Å². The lowest BCUT2D eigenvalue weighted by Crippen LogP contribution is -2.38. The Labute approximate surface area is 110 Å². The number of hydrogen-bond acceptors (Lipinski definition) is 4. The summed E-state index contributed by atoms with van der Waals surface area (Å²) < 4.78 is 4.98. The minimum atomic E-state index is -0.598. The Morgan fingerprint density at radius 2 is 1.79 bits per heavy atom. The lowest BCUT2D eigenvalue weighted by Gasteiger charge is -2.13. The maximum Gasteiger partial charge on any atom is 0.325 e. The normalized spacial score (nSPS) is 9.63. The zero-order chi connectivity index (χ0) is 14.6. The van der Waals surface area contributed by atoms with Gasteiger partial charge in [-0.05, 0) is 37.1 Å². The highest BCUT2D eigenvalue weighted by Crippen LogP contribution is 2.26. The summed E-state index contributed by atoms with van der Waals surface area (Å²) in [5.74, 6) is -0.432. The van der Waals surface area contributed by atoms with Crippen LogP contribution in [0.2, 0.25) is 0 Å². The molecular formula is C12H16N4O3. The second-order valence-corrected chi connectivity index (χ2v) is 4.02. The van der Waals surface area contributed by atoms with Gasteiger partial charge >= 0.3 is 12.0 Å². The fourth-order valence-corrected chi connectivity index (χ4v) is 1.61. The Bertz CT molecular complexity index is 517. The first-order valence-corrected chi connectivity index (χ1v) is 5.51. The molecule has 0 aliphatic rings. The van der Waals surface area contributed by atoms with Gasteiger partial charge in [0.15, 0.2) is 5.96 Å². The number of esters is 1. The van der Waals surface area contributed by atoms with E-state index in [9.17, 15) is 9.59 Å². The predicted molar refractivity (Wildman–Crippen MR) is 71.3 cm³/mol. The molecule has 7 heteroatoms. The van der Waals surface area contributed by atoms with Crippen molar-refractivity contribution in [2.75, 3.05) is 5.32 Å². The van der Waals surface area contributed by atoms with Gasteiger partial charge in [-0.25, -0.2) is 4.79 Å². The molecule has 1 aromatic rings. The molecule has 1 rings (SSSR count). The number of ether oxygens (including phenoxy) is 1. The van der Waals surface area contributed by atoms with Crippen molar-refractivity contribution in [1.29, 1.82) is 5.41 Å². The molecule has 0 aliphatic carbocycles. The van der Waals surface area contributed by atoms with E-state index in [4.69, 9.17) is 15.9 Å². The minimum Gasteiger partial charge on any atom is -0.427 e. The number of nitrogens with one attached hydrogen (secondary N) is 3. The van der Waals surface area contributed by atoms with Gasteiger partial charge in [0, 0.05) is 12.6 Å². The van der Waals surface area contributed by atoms with Crippen LogP contribution in [0.1, 0.15) is 18.1 Å². The van der Waals surface area contributed by atoms with Crippen LogP contribution < -0.4 is 21.1 Å². The molecule has 0 atom stereocenters. The molecule has 0 fully saturated rings. The lowest BCUT2D eigenvalue weighted by atomic mass is 10.1. The lowest BCUT2D eigenvalue weighted by molar-refractivity contribution is -0.131. The summed E-state index contributed by atoms with van der Waals surface area (Å²) in [6.07, 6.45) is 0. The first-order chi connectivity index (χ1) is 8.79. The van der Waals surface area contributed by atoms with Crippen molar-refractivity contribution >= 4 is 23.6 Å². The van der Waals surface area contributed by atoms with E-state index in [2.05, 4.69) is 10.6 Å². The molecule has 0 saturated carbocycles. The van der Waals surface area contributed by atoms with Crippen molar-refractivity contribution in [3.8, 4) is 5.75 Å². The zero-order valence-electron chi connectivity index (χ0n) is 11.0. The molecule has 5 N–H and O–H groups in total. The second kappa shape index (κ2) is 5.85. The molecule has 0 bridgehead atoms. The number of benzene rings is 1. The van der Waals surface area contributed by atoms with E-state index in [1.165, 1.54) is 6.92 Å². The van der Waals surface area contributed by atoms with Gasteiger partial charge in [0.05, 0.1) is 0 Å². The predicted octanol–water partition coefficient (Wildman–Crippen LogP) is 1.24. The number of urea groups is 1. The topological polar surface area (TPSA) is 117 Å². The van der Waals surface area contributed by atoms with E-state index in [1.54, 1.807) is 26.0 Å². The Kier molecular flexibility index (Phi) is 4.46. The number of carbonyl (C=O) groups excluding carboxylic acids is 2. The van der Waals surface area contributed by atoms with Gasteiger partial charge in [-0.1, -0.05) is 0 Å². The first-order valence-electron chi connectivity index (χ1n) is 5.51. The maximum atomic E-state index is 11.5. The fraction of sp³-hybridized carbons (Fsp3) is 0.250.